The lowest BCUT2D eigenvalue weighted by Gasteiger charge is -2.28. The highest BCUT2D eigenvalue weighted by molar-refractivity contribution is 8.13. The van der Waals surface area contributed by atoms with Crippen LogP contribution in [0.1, 0.15) is 251 Å². The molecule has 145 heavy (non-hydrogen) atoms. The van der Waals surface area contributed by atoms with Gasteiger partial charge in [0.1, 0.15) is 96.4 Å². The third-order valence-electron chi connectivity index (χ3n) is 21.8. The second-order valence-electron chi connectivity index (χ2n) is 37.4. The van der Waals surface area contributed by atoms with Gasteiger partial charge in [-0.3, -0.25) is 115 Å². The first kappa shape index (κ1) is 130. The van der Waals surface area contributed by atoms with E-state index in [1.165, 1.54) is 45.0 Å². The van der Waals surface area contributed by atoms with Crippen LogP contribution in [0.3, 0.4) is 0 Å². The Kier molecular flexibility index (Phi) is 61.7. The number of carbonyl (C=O) groups excluding carboxylic acids is 19. The van der Waals surface area contributed by atoms with Gasteiger partial charge in [0.25, 0.3) is 0 Å². The quantitative estimate of drug-likeness (QED) is 0.0246. The number of carbonyl (C=O) groups is 24. The van der Waals surface area contributed by atoms with Gasteiger partial charge in [-0.2, -0.15) is 0 Å². The molecule has 1 aromatic carbocycles. The first-order valence-corrected chi connectivity index (χ1v) is 49.6. The van der Waals surface area contributed by atoms with Crippen molar-refractivity contribution in [2.24, 2.45) is 41.1 Å². The fraction of sp³-hybridized carbons (Fsp3) is 0.681. The fourth-order valence-electron chi connectivity index (χ4n) is 14.4. The number of ether oxygens (including phenoxy) is 1. The number of nitrogens with two attached hydrogens (primary N) is 2. The van der Waals surface area contributed by atoms with E-state index in [0.29, 0.717) is 5.56 Å². The van der Waals surface area contributed by atoms with Crippen molar-refractivity contribution in [2.45, 2.75) is 348 Å². The van der Waals surface area contributed by atoms with Crippen molar-refractivity contribution in [3.63, 3.8) is 0 Å². The van der Waals surface area contributed by atoms with E-state index in [1.807, 2.05) is 0 Å². The molecule has 0 aromatic heterocycles. The molecule has 17 amide bonds. The van der Waals surface area contributed by atoms with Crippen LogP contribution in [0.15, 0.2) is 24.3 Å². The van der Waals surface area contributed by atoms with Gasteiger partial charge < -0.3 is 137 Å². The smallest absolute Gasteiger partial charge is 0.306 e. The molecule has 816 valence electrons. The van der Waals surface area contributed by atoms with Crippen LogP contribution in [0.5, 0.6) is 5.75 Å². The summed E-state index contributed by atoms with van der Waals surface area (Å²) in [5.41, 5.74) is 12.0. The molecule has 0 saturated heterocycles. The van der Waals surface area contributed by atoms with E-state index in [0.717, 1.165) is 18.7 Å². The Balaban J connectivity index is 3.61. The van der Waals surface area contributed by atoms with Crippen LogP contribution < -0.4 is 102 Å². The number of rotatable bonds is 73. The van der Waals surface area contributed by atoms with Crippen molar-refractivity contribution in [2.75, 3.05) is 32.0 Å². The van der Waals surface area contributed by atoms with Crippen LogP contribution in [-0.2, 0) is 126 Å². The lowest BCUT2D eigenvalue weighted by molar-refractivity contribution is -0.143. The molecule has 0 saturated carbocycles. The van der Waals surface area contributed by atoms with Crippen molar-refractivity contribution in [3.8, 4) is 5.75 Å². The van der Waals surface area contributed by atoms with Crippen molar-refractivity contribution in [1.29, 1.82) is 0 Å². The number of aliphatic carboxylic acids is 5. The third-order valence-corrected chi connectivity index (χ3v) is 22.9. The highest BCUT2D eigenvalue weighted by Crippen LogP contribution is 2.20. The lowest BCUT2D eigenvalue weighted by atomic mass is 10.00. The van der Waals surface area contributed by atoms with Crippen LogP contribution in [0.25, 0.3) is 0 Å². The molecule has 1 rings (SSSR count). The molecule has 0 bridgehead atoms. The summed E-state index contributed by atoms with van der Waals surface area (Å²) in [6.07, 6.45) is -6.95. The van der Waals surface area contributed by atoms with Crippen LogP contribution in [0.4, 0.5) is 0 Å². The zero-order chi connectivity index (χ0) is 110. The molecular weight excluding hydrogens is 1920 g/mol. The van der Waals surface area contributed by atoms with Gasteiger partial charge in [0.2, 0.25) is 106 Å². The Bertz CT molecular complexity index is 4520. The third kappa shape index (κ3) is 55.4. The number of nitrogens with one attached hydrogen (secondary N) is 17. The maximum absolute atomic E-state index is 14.6. The van der Waals surface area contributed by atoms with E-state index in [2.05, 4.69) is 90.4 Å². The number of phenolic OH excluding ortho intramolecular Hbond substituents is 1. The summed E-state index contributed by atoms with van der Waals surface area (Å²) in [7, 11) is 0. The molecule has 0 spiro atoms. The van der Waals surface area contributed by atoms with Crippen molar-refractivity contribution < 1.29 is 150 Å². The monoisotopic (exact) mass is 2080 g/mol. The zero-order valence-corrected chi connectivity index (χ0v) is 86.0. The summed E-state index contributed by atoms with van der Waals surface area (Å²) in [5, 5.41) is 100. The largest absolute Gasteiger partial charge is 0.508 e. The second-order valence-corrected chi connectivity index (χ2v) is 38.5. The van der Waals surface area contributed by atoms with Gasteiger partial charge in [0.05, 0.1) is 25.6 Å². The number of hydrogen-bond donors (Lipinski definition) is 25. The van der Waals surface area contributed by atoms with Gasteiger partial charge in [0.15, 0.2) is 0 Å². The van der Waals surface area contributed by atoms with Crippen LogP contribution in [0, 0.1) is 29.6 Å². The first-order chi connectivity index (χ1) is 67.9. The minimum atomic E-state index is -1.81. The highest BCUT2D eigenvalue weighted by atomic mass is 32.2. The van der Waals surface area contributed by atoms with E-state index in [1.54, 1.807) is 76.2 Å². The summed E-state index contributed by atoms with van der Waals surface area (Å²) < 4.78 is 4.88. The van der Waals surface area contributed by atoms with Gasteiger partial charge in [-0.05, 0) is 191 Å². The maximum Gasteiger partial charge on any atom is 0.306 e. The average molecular weight is 2080 g/mol. The molecule has 0 aliphatic carbocycles. The fourth-order valence-corrected chi connectivity index (χ4v) is 15.1. The van der Waals surface area contributed by atoms with Crippen LogP contribution in [-0.4, -0.2) is 301 Å². The number of esters is 1. The van der Waals surface area contributed by atoms with E-state index >= 15 is 0 Å². The molecule has 1 aromatic rings. The lowest BCUT2D eigenvalue weighted by Crippen LogP contribution is -2.60. The molecule has 16 atom stereocenters. The predicted octanol–water partition coefficient (Wildman–Crippen LogP) is -2.09. The summed E-state index contributed by atoms with van der Waals surface area (Å²) in [6.45, 7) is 22.7. The second kappa shape index (κ2) is 68.9. The Morgan fingerprint density at radius 3 is 0.855 bits per heavy atom. The number of amides is 17. The summed E-state index contributed by atoms with van der Waals surface area (Å²) in [4.78, 5) is 324. The Labute approximate surface area is 846 Å². The molecule has 0 unspecified atom stereocenters. The average Bonchev–Trinajstić information content (AvgIpc) is 0.848. The Morgan fingerprint density at radius 2 is 0.559 bits per heavy atom. The Morgan fingerprint density at radius 1 is 0.303 bits per heavy atom. The SMILES string of the molecule is CCOC(=O)CCSC(=O)[C@H](C)NC(=O)[C@H](CC(C)C)NC(=O)[C@H](CCC(=O)O)NC(=O)[C@H](CCCCN)NC(=O)[C@H](CCC(=O)O)NC(=O)[C@H](CC(C)C)NC(=O)[C@H](C)NC(=O)CNC(=O)[C@H](CC(C)C)NC(=O)[C@H](CCC(=O)O)NC(=O)[C@H](CCCCN)NC(=O)[C@H](CCC(=O)O)NC(=O)[C@H](CC(C)C)NC(=O)[C@H](C)NC(=O)[C@H](Cc1ccc(O)cc1)NC(=O)[C@H](CC(C)C)NC(=O)[C@H](CCC(=O)O)NC(C)=O. The van der Waals surface area contributed by atoms with E-state index < -0.39 is 320 Å². The molecule has 0 fully saturated rings. The maximum atomic E-state index is 14.6. The molecule has 51 heteroatoms. The van der Waals surface area contributed by atoms with Crippen molar-refractivity contribution >= 4 is 153 Å². The highest BCUT2D eigenvalue weighted by Gasteiger charge is 2.40. The van der Waals surface area contributed by atoms with E-state index in [4.69, 9.17) is 16.2 Å². The van der Waals surface area contributed by atoms with Crippen molar-refractivity contribution in [3.05, 3.63) is 29.8 Å². The van der Waals surface area contributed by atoms with Gasteiger partial charge in [-0.1, -0.05) is 93.1 Å². The van der Waals surface area contributed by atoms with E-state index in [-0.39, 0.29) is 133 Å². The first-order valence-electron chi connectivity index (χ1n) is 48.6. The summed E-state index contributed by atoms with van der Waals surface area (Å²) in [5.74, 6) is -26.6. The molecule has 0 aliphatic rings. The molecule has 0 heterocycles. The number of unbranched alkanes of at least 4 members (excludes halogenated alkanes) is 2. The minimum Gasteiger partial charge on any atom is -0.508 e. The van der Waals surface area contributed by atoms with Gasteiger partial charge in [-0.25, -0.2) is 0 Å². The molecule has 27 N–H and O–H groups in total. The molecule has 0 aliphatic heterocycles. The number of aromatic hydroxyl groups is 1. The number of thioether (sulfide) groups is 1. The van der Waals surface area contributed by atoms with Gasteiger partial charge in [-0.15, -0.1) is 0 Å². The van der Waals surface area contributed by atoms with E-state index in [9.17, 15) is 146 Å². The summed E-state index contributed by atoms with van der Waals surface area (Å²) in [6, 6.07) is -19.3. The topological polar surface area (TPSA) is 797 Å². The zero-order valence-electron chi connectivity index (χ0n) is 85.2. The number of hydrogen-bond acceptors (Lipinski definition) is 29. The Hall–Kier alpha value is -13.2. The number of benzene rings is 1. The molecular formula is C94H153N19O31S. The standard InChI is InChI=1S/C94H153N19O31S/c1-16-144-78(127)37-40-145-94(143)55(14)100-89(138)67(42-49(4)5)111-88(137)65(31-36-77(125)126)105-83(132)60(22-18-20-39-96)103-85(134)62(28-33-74(119)120)106-91(140)68(43-50(6)7)108-79(128)53(12)98-72(116)47-97-81(130)66(41-48(2)3)110-87(136)64(30-35-76(123)124)104-82(131)59(21-17-19-38-95)102-86(135)63(29-34-75(121)122)107-92(141)69(44-51(8)9)109-80(129)54(13)99-90(139)71(46-57-23-25-58(115)26-24-57)113-93(142)70(45-52(10)11)112-84(133)61(101-56(15)114)27-32-73(117)118/h23-26,48-55,59-71,115H,16-22,27-47,95-96H2,1-15H3,(H,97,130)(H,98,116)(H,99,139)(H,100,138)(H,101,114)(H,102,135)(H,103,134)(H,104,131)(H,105,132)(H,106,140)(H,107,141)(H,108,128)(H,109,129)(H,110,136)(H,111,137)(H,112,133)(H,113,142)(H,117,118)(H,119,120)(H,121,122)(H,123,124)(H,125,126)/t53-,54-,55-,59-,60-,61-,62-,63-,64-,65-,66-,67-,68-,69-,70-,71-/m0/s1. The normalized spacial score (nSPS) is 14.5. The molecule has 0 radical (unpaired) electrons. The number of phenols is 1. The minimum absolute atomic E-state index is 0.0152. The number of carboxylic acid groups (broad SMARTS) is 5. The van der Waals surface area contributed by atoms with Crippen LogP contribution in [0.2, 0.25) is 0 Å². The predicted molar refractivity (Wildman–Crippen MR) is 525 cm³/mol. The molecule has 50 nitrogen and oxygen atoms in total. The van der Waals surface area contributed by atoms with Gasteiger partial charge in [0, 0.05) is 51.2 Å². The van der Waals surface area contributed by atoms with Crippen molar-refractivity contribution in [1.82, 2.24) is 90.4 Å². The number of carboxylic acids is 5. The van der Waals surface area contributed by atoms with Crippen LogP contribution >= 0.6 is 11.8 Å². The summed E-state index contributed by atoms with van der Waals surface area (Å²) >= 11 is 0.763. The van der Waals surface area contributed by atoms with Gasteiger partial charge >= 0.3 is 35.8 Å².